The molecule has 1 aromatic heterocycles. The molecule has 0 unspecified atom stereocenters. The summed E-state index contributed by atoms with van der Waals surface area (Å²) in [5, 5.41) is 13.7. The van der Waals surface area contributed by atoms with Gasteiger partial charge in [-0.3, -0.25) is 0 Å². The zero-order valence-electron chi connectivity index (χ0n) is 14.8. The van der Waals surface area contributed by atoms with Crippen molar-refractivity contribution in [2.45, 2.75) is 39.4 Å². The first-order valence-electron chi connectivity index (χ1n) is 8.40. The predicted octanol–water partition coefficient (Wildman–Crippen LogP) is 4.53. The molecule has 2 aromatic carbocycles. The molecule has 130 valence electrons. The topological polar surface area (TPSA) is 42.7 Å². The summed E-state index contributed by atoms with van der Waals surface area (Å²) in [6, 6.07) is 18.0. The number of halogens is 1. The number of hydrogen-bond donors (Lipinski definition) is 1. The van der Waals surface area contributed by atoms with Crippen LogP contribution < -0.4 is 5.32 Å². The van der Waals surface area contributed by atoms with E-state index in [0.717, 1.165) is 27.5 Å². The van der Waals surface area contributed by atoms with E-state index in [1.807, 2.05) is 42.5 Å². The van der Waals surface area contributed by atoms with E-state index in [2.05, 4.69) is 38.2 Å². The molecule has 0 aliphatic carbocycles. The van der Waals surface area contributed by atoms with Crippen molar-refractivity contribution in [2.24, 2.45) is 0 Å². The van der Waals surface area contributed by atoms with Gasteiger partial charge < -0.3 is 5.32 Å². The van der Waals surface area contributed by atoms with E-state index in [1.165, 1.54) is 0 Å². The maximum Gasteiger partial charge on any atom is 0.117 e. The highest BCUT2D eigenvalue weighted by Gasteiger charge is 2.16. The molecule has 0 radical (unpaired) electrons. The number of nitrogens with zero attached hydrogens (tertiary/aromatic N) is 3. The molecule has 0 fully saturated rings. The molecule has 0 bridgehead atoms. The van der Waals surface area contributed by atoms with Crippen LogP contribution >= 0.6 is 11.6 Å². The number of aromatic nitrogens is 3. The zero-order valence-corrected chi connectivity index (χ0v) is 15.6. The van der Waals surface area contributed by atoms with E-state index in [4.69, 9.17) is 21.8 Å². The van der Waals surface area contributed by atoms with E-state index in [1.54, 1.807) is 4.80 Å². The Morgan fingerprint density at radius 1 is 0.960 bits per heavy atom. The van der Waals surface area contributed by atoms with Crippen LogP contribution in [0.25, 0.3) is 11.3 Å². The van der Waals surface area contributed by atoms with Gasteiger partial charge >= 0.3 is 0 Å². The Hall–Kier alpha value is -2.17. The molecule has 3 aromatic rings. The van der Waals surface area contributed by atoms with Crippen LogP contribution in [0.4, 0.5) is 0 Å². The molecule has 3 rings (SSSR count). The third kappa shape index (κ3) is 4.91. The lowest BCUT2D eigenvalue weighted by atomic mass is 10.1. The molecular weight excluding hydrogens is 332 g/mol. The predicted molar refractivity (Wildman–Crippen MR) is 103 cm³/mol. The second-order valence-corrected chi connectivity index (χ2v) is 7.56. The number of nitrogens with one attached hydrogen (secondary N) is 1. The van der Waals surface area contributed by atoms with Crippen molar-refractivity contribution in [3.63, 3.8) is 0 Å². The van der Waals surface area contributed by atoms with Gasteiger partial charge in [0, 0.05) is 22.7 Å². The first-order valence-corrected chi connectivity index (χ1v) is 8.77. The molecule has 1 heterocycles. The van der Waals surface area contributed by atoms with Crippen molar-refractivity contribution in [3.8, 4) is 11.3 Å². The highest BCUT2D eigenvalue weighted by molar-refractivity contribution is 6.30. The highest BCUT2D eigenvalue weighted by atomic mass is 35.5. The van der Waals surface area contributed by atoms with Crippen molar-refractivity contribution in [3.05, 3.63) is 70.9 Å². The SMILES string of the molecule is CC(C)(C)NCc1nn(Cc2ccc(Cl)cc2)nc1-c1ccccc1. The van der Waals surface area contributed by atoms with Crippen LogP contribution in [0.1, 0.15) is 32.0 Å². The molecule has 0 aliphatic heterocycles. The van der Waals surface area contributed by atoms with E-state index >= 15 is 0 Å². The minimum atomic E-state index is 0.0217. The zero-order chi connectivity index (χ0) is 17.9. The fourth-order valence-electron chi connectivity index (χ4n) is 2.49. The van der Waals surface area contributed by atoms with Crippen molar-refractivity contribution in [1.29, 1.82) is 0 Å². The van der Waals surface area contributed by atoms with Gasteiger partial charge in [-0.15, -0.1) is 0 Å². The second kappa shape index (κ2) is 7.38. The van der Waals surface area contributed by atoms with Crippen molar-refractivity contribution in [2.75, 3.05) is 0 Å². The van der Waals surface area contributed by atoms with Crippen molar-refractivity contribution in [1.82, 2.24) is 20.3 Å². The van der Waals surface area contributed by atoms with E-state index in [9.17, 15) is 0 Å². The Balaban J connectivity index is 1.89. The molecule has 0 saturated heterocycles. The molecule has 25 heavy (non-hydrogen) atoms. The van der Waals surface area contributed by atoms with Crippen LogP contribution in [0, 0.1) is 0 Å². The van der Waals surface area contributed by atoms with Gasteiger partial charge in [0.25, 0.3) is 0 Å². The molecule has 0 amide bonds. The fourth-order valence-corrected chi connectivity index (χ4v) is 2.62. The quantitative estimate of drug-likeness (QED) is 0.731. The first-order chi connectivity index (χ1) is 11.9. The van der Waals surface area contributed by atoms with Crippen molar-refractivity contribution < 1.29 is 0 Å². The van der Waals surface area contributed by atoms with Crippen LogP contribution in [-0.4, -0.2) is 20.5 Å². The van der Waals surface area contributed by atoms with E-state index < -0.39 is 0 Å². The van der Waals surface area contributed by atoms with Crippen LogP contribution in [0.5, 0.6) is 0 Å². The third-order valence-electron chi connectivity index (χ3n) is 3.80. The Bertz CT molecular complexity index is 817. The van der Waals surface area contributed by atoms with Crippen LogP contribution in [-0.2, 0) is 13.1 Å². The van der Waals surface area contributed by atoms with Gasteiger partial charge in [-0.05, 0) is 38.5 Å². The molecular formula is C20H23ClN4. The Morgan fingerprint density at radius 3 is 2.28 bits per heavy atom. The fraction of sp³-hybridized carbons (Fsp3) is 0.300. The smallest absolute Gasteiger partial charge is 0.117 e. The third-order valence-corrected chi connectivity index (χ3v) is 4.05. The minimum Gasteiger partial charge on any atom is -0.306 e. The Kier molecular flexibility index (Phi) is 5.21. The summed E-state index contributed by atoms with van der Waals surface area (Å²) in [6.45, 7) is 7.73. The summed E-state index contributed by atoms with van der Waals surface area (Å²) in [4.78, 5) is 1.76. The number of benzene rings is 2. The molecule has 0 atom stereocenters. The van der Waals surface area contributed by atoms with Crippen LogP contribution in [0.15, 0.2) is 54.6 Å². The van der Waals surface area contributed by atoms with Gasteiger partial charge in [-0.25, -0.2) is 0 Å². The minimum absolute atomic E-state index is 0.0217. The molecule has 0 saturated carbocycles. The van der Waals surface area contributed by atoms with Gasteiger partial charge in [0.15, 0.2) is 0 Å². The van der Waals surface area contributed by atoms with Gasteiger partial charge in [-0.1, -0.05) is 54.1 Å². The van der Waals surface area contributed by atoms with E-state index in [-0.39, 0.29) is 5.54 Å². The molecule has 0 aliphatic rings. The average Bonchev–Trinajstić information content (AvgIpc) is 2.98. The highest BCUT2D eigenvalue weighted by Crippen LogP contribution is 2.21. The maximum absolute atomic E-state index is 5.96. The Morgan fingerprint density at radius 2 is 1.64 bits per heavy atom. The standard InChI is InChI=1S/C20H23ClN4/c1-20(2,3)22-13-18-19(16-7-5-4-6-8-16)24-25(23-18)14-15-9-11-17(21)12-10-15/h4-12,22H,13-14H2,1-3H3. The second-order valence-electron chi connectivity index (χ2n) is 7.12. The van der Waals surface area contributed by atoms with Crippen LogP contribution in [0.3, 0.4) is 0 Å². The van der Waals surface area contributed by atoms with Gasteiger partial charge in [0.05, 0.1) is 6.54 Å². The molecule has 5 heteroatoms. The maximum atomic E-state index is 5.96. The molecule has 4 nitrogen and oxygen atoms in total. The summed E-state index contributed by atoms with van der Waals surface area (Å²) in [5.74, 6) is 0. The van der Waals surface area contributed by atoms with E-state index in [0.29, 0.717) is 13.1 Å². The van der Waals surface area contributed by atoms with Gasteiger partial charge in [0.2, 0.25) is 0 Å². The lowest BCUT2D eigenvalue weighted by molar-refractivity contribution is 0.419. The summed E-state index contributed by atoms with van der Waals surface area (Å²) in [5.41, 5.74) is 4.10. The van der Waals surface area contributed by atoms with Gasteiger partial charge in [-0.2, -0.15) is 15.0 Å². The first kappa shape index (κ1) is 17.6. The van der Waals surface area contributed by atoms with Crippen molar-refractivity contribution >= 4 is 11.6 Å². The average molecular weight is 355 g/mol. The lowest BCUT2D eigenvalue weighted by Crippen LogP contribution is -2.35. The van der Waals surface area contributed by atoms with Gasteiger partial charge in [0.1, 0.15) is 11.4 Å². The summed E-state index contributed by atoms with van der Waals surface area (Å²) >= 11 is 5.96. The summed E-state index contributed by atoms with van der Waals surface area (Å²) in [6.07, 6.45) is 0. The largest absolute Gasteiger partial charge is 0.306 e. The Labute approximate surface area is 153 Å². The number of hydrogen-bond acceptors (Lipinski definition) is 3. The molecule has 0 spiro atoms. The van der Waals surface area contributed by atoms with Crippen LogP contribution in [0.2, 0.25) is 5.02 Å². The summed E-state index contributed by atoms with van der Waals surface area (Å²) in [7, 11) is 0. The molecule has 1 N–H and O–H groups in total. The lowest BCUT2D eigenvalue weighted by Gasteiger charge is -2.19. The number of rotatable bonds is 5. The normalized spacial score (nSPS) is 11.7. The monoisotopic (exact) mass is 354 g/mol. The summed E-state index contributed by atoms with van der Waals surface area (Å²) < 4.78 is 0.